The molecule has 0 aliphatic rings. The Morgan fingerprint density at radius 1 is 1.47 bits per heavy atom. The molecule has 5 heteroatoms. The Balaban J connectivity index is 2.23. The van der Waals surface area contributed by atoms with Crippen molar-refractivity contribution in [3.05, 3.63) is 46.5 Å². The van der Waals surface area contributed by atoms with E-state index in [2.05, 4.69) is 22.1 Å². The van der Waals surface area contributed by atoms with Crippen LogP contribution in [-0.4, -0.2) is 17.4 Å². The van der Waals surface area contributed by atoms with Gasteiger partial charge in [-0.05, 0) is 19.1 Å². The number of hydrogen-bond donors (Lipinski definition) is 2. The van der Waals surface area contributed by atoms with Crippen molar-refractivity contribution >= 4 is 22.4 Å². The molecule has 1 aromatic carbocycles. The molecule has 2 rings (SSSR count). The second kappa shape index (κ2) is 6.14. The van der Waals surface area contributed by atoms with Gasteiger partial charge >= 0.3 is 0 Å². The third-order valence-corrected chi connectivity index (χ3v) is 3.17. The maximum Gasteiger partial charge on any atom is 0.258 e. The number of aryl methyl sites for hydroxylation is 1. The van der Waals surface area contributed by atoms with Gasteiger partial charge in [-0.1, -0.05) is 24.0 Å². The van der Waals surface area contributed by atoms with Gasteiger partial charge in [0.15, 0.2) is 5.13 Å². The number of hydrogen-bond acceptors (Lipinski definition) is 4. The van der Waals surface area contributed by atoms with E-state index in [1.165, 1.54) is 11.3 Å². The molecular weight excluding hydrogens is 258 g/mol. The van der Waals surface area contributed by atoms with Crippen LogP contribution in [0.4, 0.5) is 5.13 Å². The number of nitrogens with zero attached hydrogens (tertiary/aromatic N) is 1. The van der Waals surface area contributed by atoms with Crippen LogP contribution in [0.15, 0.2) is 30.5 Å². The third-order valence-electron chi connectivity index (χ3n) is 2.34. The van der Waals surface area contributed by atoms with Crippen LogP contribution in [0.5, 0.6) is 0 Å². The van der Waals surface area contributed by atoms with Crippen molar-refractivity contribution in [3.8, 4) is 11.8 Å². The summed E-state index contributed by atoms with van der Waals surface area (Å²) in [7, 11) is 0. The molecule has 1 heterocycles. The first kappa shape index (κ1) is 13.3. The Bertz CT molecular complexity index is 652. The van der Waals surface area contributed by atoms with E-state index in [-0.39, 0.29) is 12.5 Å². The highest BCUT2D eigenvalue weighted by Crippen LogP contribution is 2.18. The highest BCUT2D eigenvalue weighted by atomic mass is 32.1. The summed E-state index contributed by atoms with van der Waals surface area (Å²) in [4.78, 5) is 17.3. The van der Waals surface area contributed by atoms with Gasteiger partial charge < -0.3 is 5.73 Å². The van der Waals surface area contributed by atoms with Gasteiger partial charge in [0.1, 0.15) is 0 Å². The van der Waals surface area contributed by atoms with Crippen LogP contribution in [0.2, 0.25) is 0 Å². The molecule has 0 saturated heterocycles. The van der Waals surface area contributed by atoms with E-state index in [0.717, 1.165) is 4.88 Å². The molecule has 0 unspecified atom stereocenters. The number of rotatable bonds is 2. The normalized spacial score (nSPS) is 9.58. The second-order valence-electron chi connectivity index (χ2n) is 3.78. The molecule has 0 spiro atoms. The fraction of sp³-hybridized carbons (Fsp3) is 0.143. The highest BCUT2D eigenvalue weighted by molar-refractivity contribution is 7.15. The van der Waals surface area contributed by atoms with Crippen molar-refractivity contribution in [2.24, 2.45) is 5.73 Å². The third kappa shape index (κ3) is 3.41. The maximum absolute atomic E-state index is 12.2. The Morgan fingerprint density at radius 3 is 2.95 bits per heavy atom. The van der Waals surface area contributed by atoms with Gasteiger partial charge in [0.25, 0.3) is 5.91 Å². The first-order chi connectivity index (χ1) is 9.20. The summed E-state index contributed by atoms with van der Waals surface area (Å²) in [5.74, 6) is 5.43. The Morgan fingerprint density at radius 2 is 2.26 bits per heavy atom. The molecule has 0 radical (unpaired) electrons. The molecular formula is C14H13N3OS. The van der Waals surface area contributed by atoms with E-state index in [9.17, 15) is 4.79 Å². The van der Waals surface area contributed by atoms with Gasteiger partial charge in [0, 0.05) is 16.6 Å². The number of nitrogens with one attached hydrogen (secondary N) is 1. The molecule has 1 amide bonds. The van der Waals surface area contributed by atoms with E-state index >= 15 is 0 Å². The number of amides is 1. The average molecular weight is 271 g/mol. The molecule has 96 valence electrons. The standard InChI is InChI=1S/C14H13N3OS/c1-10-9-16-14(19-10)17-13(18)12-7-3-2-5-11(12)6-4-8-15/h2-3,5,7,9H,8,15H2,1H3,(H,16,17,18). The van der Waals surface area contributed by atoms with Crippen LogP contribution in [0.3, 0.4) is 0 Å². The molecule has 2 aromatic rings. The van der Waals surface area contributed by atoms with Crippen molar-refractivity contribution in [1.29, 1.82) is 0 Å². The zero-order valence-corrected chi connectivity index (χ0v) is 11.3. The first-order valence-corrected chi connectivity index (χ1v) is 6.54. The number of anilines is 1. The quantitative estimate of drug-likeness (QED) is 0.821. The predicted molar refractivity (Wildman–Crippen MR) is 77.2 cm³/mol. The summed E-state index contributed by atoms with van der Waals surface area (Å²) >= 11 is 1.44. The van der Waals surface area contributed by atoms with Crippen molar-refractivity contribution in [1.82, 2.24) is 4.98 Å². The summed E-state index contributed by atoms with van der Waals surface area (Å²) < 4.78 is 0. The zero-order chi connectivity index (χ0) is 13.7. The van der Waals surface area contributed by atoms with Crippen LogP contribution in [0.25, 0.3) is 0 Å². The van der Waals surface area contributed by atoms with Crippen molar-refractivity contribution in [2.75, 3.05) is 11.9 Å². The molecule has 0 aliphatic heterocycles. The van der Waals surface area contributed by atoms with E-state index in [0.29, 0.717) is 16.3 Å². The minimum atomic E-state index is -0.212. The minimum Gasteiger partial charge on any atom is -0.320 e. The number of carbonyl (C=O) groups is 1. The topological polar surface area (TPSA) is 68.0 Å². The Labute approximate surface area is 115 Å². The van der Waals surface area contributed by atoms with E-state index in [4.69, 9.17) is 5.73 Å². The lowest BCUT2D eigenvalue weighted by molar-refractivity contribution is 0.102. The Hall–Kier alpha value is -2.16. The summed E-state index contributed by atoms with van der Waals surface area (Å²) in [6.07, 6.45) is 1.72. The first-order valence-electron chi connectivity index (χ1n) is 5.72. The summed E-state index contributed by atoms with van der Waals surface area (Å²) in [5.41, 5.74) is 6.54. The summed E-state index contributed by atoms with van der Waals surface area (Å²) in [5, 5.41) is 3.35. The van der Waals surface area contributed by atoms with Crippen LogP contribution >= 0.6 is 11.3 Å². The van der Waals surface area contributed by atoms with Gasteiger partial charge in [-0.15, -0.1) is 11.3 Å². The molecule has 4 nitrogen and oxygen atoms in total. The number of thiazole rings is 1. The van der Waals surface area contributed by atoms with Crippen LogP contribution in [0, 0.1) is 18.8 Å². The lowest BCUT2D eigenvalue weighted by Crippen LogP contribution is -2.13. The zero-order valence-electron chi connectivity index (χ0n) is 10.4. The fourth-order valence-corrected chi connectivity index (χ4v) is 2.17. The second-order valence-corrected chi connectivity index (χ2v) is 5.02. The molecule has 0 atom stereocenters. The van der Waals surface area contributed by atoms with Crippen LogP contribution < -0.4 is 11.1 Å². The average Bonchev–Trinajstić information content (AvgIpc) is 2.82. The predicted octanol–water partition coefficient (Wildman–Crippen LogP) is 2.01. The van der Waals surface area contributed by atoms with E-state index < -0.39 is 0 Å². The minimum absolute atomic E-state index is 0.212. The summed E-state index contributed by atoms with van der Waals surface area (Å²) in [6, 6.07) is 7.17. The lowest BCUT2D eigenvalue weighted by atomic mass is 10.1. The van der Waals surface area contributed by atoms with Gasteiger partial charge in [0.2, 0.25) is 0 Å². The fourth-order valence-electron chi connectivity index (χ4n) is 1.51. The van der Waals surface area contributed by atoms with Gasteiger partial charge in [-0.3, -0.25) is 10.1 Å². The lowest BCUT2D eigenvalue weighted by Gasteiger charge is -2.03. The van der Waals surface area contributed by atoms with Crippen molar-refractivity contribution in [3.63, 3.8) is 0 Å². The van der Waals surface area contributed by atoms with Gasteiger partial charge in [-0.25, -0.2) is 4.98 Å². The molecule has 1 aromatic heterocycles. The van der Waals surface area contributed by atoms with Crippen LogP contribution in [-0.2, 0) is 0 Å². The number of nitrogens with two attached hydrogens (primary N) is 1. The maximum atomic E-state index is 12.2. The van der Waals surface area contributed by atoms with Gasteiger partial charge in [0.05, 0.1) is 12.1 Å². The molecule has 0 saturated carbocycles. The van der Waals surface area contributed by atoms with Gasteiger partial charge in [-0.2, -0.15) is 0 Å². The summed E-state index contributed by atoms with van der Waals surface area (Å²) in [6.45, 7) is 2.20. The number of benzene rings is 1. The smallest absolute Gasteiger partial charge is 0.258 e. The van der Waals surface area contributed by atoms with E-state index in [1.807, 2.05) is 13.0 Å². The molecule has 0 aliphatic carbocycles. The monoisotopic (exact) mass is 271 g/mol. The number of carbonyl (C=O) groups excluding carboxylic acids is 1. The van der Waals surface area contributed by atoms with Crippen molar-refractivity contribution < 1.29 is 4.79 Å². The van der Waals surface area contributed by atoms with E-state index in [1.54, 1.807) is 24.4 Å². The molecule has 3 N–H and O–H groups in total. The highest BCUT2D eigenvalue weighted by Gasteiger charge is 2.11. The largest absolute Gasteiger partial charge is 0.320 e. The van der Waals surface area contributed by atoms with Crippen LogP contribution in [0.1, 0.15) is 20.8 Å². The SMILES string of the molecule is Cc1cnc(NC(=O)c2ccccc2C#CCN)s1. The molecule has 0 bridgehead atoms. The molecule has 0 fully saturated rings. The van der Waals surface area contributed by atoms with Crippen molar-refractivity contribution in [2.45, 2.75) is 6.92 Å². The number of aromatic nitrogens is 1. The Kier molecular flexibility index (Phi) is 4.29. The molecule has 19 heavy (non-hydrogen) atoms.